The third-order valence-corrected chi connectivity index (χ3v) is 4.95. The van der Waals surface area contributed by atoms with Gasteiger partial charge in [-0.3, -0.25) is 16.3 Å². The summed E-state index contributed by atoms with van der Waals surface area (Å²) in [5, 5.41) is 0. The van der Waals surface area contributed by atoms with E-state index in [1.54, 1.807) is 13.1 Å². The Morgan fingerprint density at radius 1 is 1.37 bits per heavy atom. The minimum Gasteiger partial charge on any atom is -0.271 e. The van der Waals surface area contributed by atoms with Gasteiger partial charge in [0.1, 0.15) is 9.84 Å². The topological polar surface area (TPSA) is 85.1 Å². The van der Waals surface area contributed by atoms with E-state index in [0.717, 1.165) is 25.0 Å². The molecule has 1 rings (SSSR count). The molecule has 1 heterocycles. The lowest BCUT2D eigenvalue weighted by Crippen LogP contribution is -2.35. The molecule has 0 spiro atoms. The third-order valence-electron chi connectivity index (χ3n) is 3.16. The average Bonchev–Trinajstić information content (AvgIpc) is 2.43. The van der Waals surface area contributed by atoms with Gasteiger partial charge in [-0.05, 0) is 37.8 Å². The van der Waals surface area contributed by atoms with Crippen LogP contribution < -0.4 is 11.3 Å². The van der Waals surface area contributed by atoms with Gasteiger partial charge in [0.25, 0.3) is 0 Å². The first-order valence-electron chi connectivity index (χ1n) is 6.64. The van der Waals surface area contributed by atoms with Crippen LogP contribution >= 0.6 is 0 Å². The van der Waals surface area contributed by atoms with Gasteiger partial charge in [-0.1, -0.05) is 13.0 Å². The van der Waals surface area contributed by atoms with Crippen LogP contribution in [0.15, 0.2) is 24.4 Å². The van der Waals surface area contributed by atoms with Crippen molar-refractivity contribution in [3.63, 3.8) is 0 Å². The van der Waals surface area contributed by atoms with Crippen molar-refractivity contribution in [2.24, 2.45) is 5.84 Å². The monoisotopic (exact) mass is 285 g/mol. The van der Waals surface area contributed by atoms with Crippen LogP contribution in [0, 0.1) is 0 Å². The van der Waals surface area contributed by atoms with E-state index in [-0.39, 0.29) is 17.5 Å². The molecule has 19 heavy (non-hydrogen) atoms. The molecule has 0 aliphatic heterocycles. The first-order chi connectivity index (χ1) is 9.07. The average molecular weight is 285 g/mol. The van der Waals surface area contributed by atoms with E-state index in [1.807, 2.05) is 18.2 Å². The summed E-state index contributed by atoms with van der Waals surface area (Å²) in [6.45, 7) is 1.68. The molecule has 0 saturated heterocycles. The van der Waals surface area contributed by atoms with Crippen molar-refractivity contribution in [1.29, 1.82) is 0 Å². The Hall–Kier alpha value is -0.980. The van der Waals surface area contributed by atoms with Crippen molar-refractivity contribution in [1.82, 2.24) is 10.4 Å². The summed E-state index contributed by atoms with van der Waals surface area (Å²) in [5.74, 6) is 5.95. The van der Waals surface area contributed by atoms with E-state index in [1.165, 1.54) is 0 Å². The molecule has 108 valence electrons. The van der Waals surface area contributed by atoms with E-state index >= 15 is 0 Å². The van der Waals surface area contributed by atoms with Gasteiger partial charge in [-0.25, -0.2) is 8.42 Å². The highest BCUT2D eigenvalue weighted by Gasteiger charge is 2.11. The molecule has 1 aromatic heterocycles. The highest BCUT2D eigenvalue weighted by Crippen LogP contribution is 2.08. The molecule has 1 unspecified atom stereocenters. The second-order valence-electron chi connectivity index (χ2n) is 4.60. The molecular formula is C13H23N3O2S. The SMILES string of the molecule is CCS(=O)(=O)CCCC(CCc1ccccn1)NN. The molecule has 0 aliphatic carbocycles. The standard InChI is InChI=1S/C13H23N3O2S/c1-2-19(17,18)11-5-7-13(16-14)9-8-12-6-3-4-10-15-12/h3-4,6,10,13,16H,2,5,7-9,11,14H2,1H3. The maximum Gasteiger partial charge on any atom is 0.150 e. The van der Waals surface area contributed by atoms with Crippen molar-refractivity contribution < 1.29 is 8.42 Å². The number of hydrogen-bond donors (Lipinski definition) is 2. The largest absolute Gasteiger partial charge is 0.271 e. The number of sulfone groups is 1. The number of nitrogens with zero attached hydrogens (tertiary/aromatic N) is 1. The molecular weight excluding hydrogens is 262 g/mol. The fourth-order valence-electron chi connectivity index (χ4n) is 1.87. The Bertz CT molecular complexity index is 448. The predicted octanol–water partition coefficient (Wildman–Crippen LogP) is 1.06. The van der Waals surface area contributed by atoms with Crippen LogP contribution in [0.5, 0.6) is 0 Å². The zero-order valence-corrected chi connectivity index (χ0v) is 12.2. The summed E-state index contributed by atoms with van der Waals surface area (Å²) < 4.78 is 22.8. The van der Waals surface area contributed by atoms with Crippen molar-refractivity contribution in [2.75, 3.05) is 11.5 Å². The predicted molar refractivity (Wildman–Crippen MR) is 77.2 cm³/mol. The minimum absolute atomic E-state index is 0.133. The summed E-state index contributed by atoms with van der Waals surface area (Å²) >= 11 is 0. The Kier molecular flexibility index (Phi) is 6.97. The fourth-order valence-corrected chi connectivity index (χ4v) is 2.77. The van der Waals surface area contributed by atoms with Crippen LogP contribution in [-0.4, -0.2) is 30.9 Å². The summed E-state index contributed by atoms with van der Waals surface area (Å²) in [5.41, 5.74) is 3.79. The number of hydrogen-bond acceptors (Lipinski definition) is 5. The van der Waals surface area contributed by atoms with E-state index in [2.05, 4.69) is 10.4 Å². The number of aryl methyl sites for hydroxylation is 1. The molecule has 0 saturated carbocycles. The van der Waals surface area contributed by atoms with E-state index in [0.29, 0.717) is 6.42 Å². The summed E-state index contributed by atoms with van der Waals surface area (Å²) in [6.07, 6.45) is 4.89. The van der Waals surface area contributed by atoms with Gasteiger partial charge in [0.2, 0.25) is 0 Å². The fraction of sp³-hybridized carbons (Fsp3) is 0.615. The van der Waals surface area contributed by atoms with Gasteiger partial charge < -0.3 is 0 Å². The third kappa shape index (κ3) is 6.66. The molecule has 5 nitrogen and oxygen atoms in total. The summed E-state index contributed by atoms with van der Waals surface area (Å²) in [7, 11) is -2.87. The van der Waals surface area contributed by atoms with E-state index < -0.39 is 9.84 Å². The molecule has 0 aromatic carbocycles. The maximum absolute atomic E-state index is 11.4. The molecule has 6 heteroatoms. The summed E-state index contributed by atoms with van der Waals surface area (Å²) in [6, 6.07) is 5.96. The van der Waals surface area contributed by atoms with Crippen molar-refractivity contribution in [3.8, 4) is 0 Å². The second kappa shape index (κ2) is 8.24. The summed E-state index contributed by atoms with van der Waals surface area (Å²) in [4.78, 5) is 4.25. The molecule has 0 aliphatic rings. The number of nitrogens with one attached hydrogen (secondary N) is 1. The number of aromatic nitrogens is 1. The zero-order chi connectivity index (χ0) is 14.1. The van der Waals surface area contributed by atoms with Gasteiger partial charge in [0.05, 0.1) is 5.75 Å². The first-order valence-corrected chi connectivity index (χ1v) is 8.46. The molecule has 0 fully saturated rings. The lowest BCUT2D eigenvalue weighted by Gasteiger charge is -2.15. The smallest absolute Gasteiger partial charge is 0.150 e. The number of pyridine rings is 1. The lowest BCUT2D eigenvalue weighted by molar-refractivity contribution is 0.457. The Labute approximate surface area is 115 Å². The van der Waals surface area contributed by atoms with Gasteiger partial charge in [-0.2, -0.15) is 0 Å². The van der Waals surface area contributed by atoms with Crippen molar-refractivity contribution >= 4 is 9.84 Å². The number of hydrazine groups is 1. The van der Waals surface area contributed by atoms with Crippen LogP contribution in [0.25, 0.3) is 0 Å². The van der Waals surface area contributed by atoms with Gasteiger partial charge in [0.15, 0.2) is 0 Å². The normalized spacial score (nSPS) is 13.4. The van der Waals surface area contributed by atoms with Crippen molar-refractivity contribution in [2.45, 2.75) is 38.6 Å². The molecule has 0 bridgehead atoms. The molecule has 0 amide bonds. The van der Waals surface area contributed by atoms with E-state index in [9.17, 15) is 8.42 Å². The van der Waals surface area contributed by atoms with Crippen LogP contribution in [-0.2, 0) is 16.3 Å². The van der Waals surface area contributed by atoms with Gasteiger partial charge >= 0.3 is 0 Å². The second-order valence-corrected chi connectivity index (χ2v) is 7.07. The number of nitrogens with two attached hydrogens (primary N) is 1. The highest BCUT2D eigenvalue weighted by atomic mass is 32.2. The van der Waals surface area contributed by atoms with Crippen LogP contribution in [0.1, 0.15) is 31.9 Å². The van der Waals surface area contributed by atoms with Crippen LogP contribution in [0.4, 0.5) is 0 Å². The maximum atomic E-state index is 11.4. The molecule has 1 aromatic rings. The van der Waals surface area contributed by atoms with Crippen molar-refractivity contribution in [3.05, 3.63) is 30.1 Å². The molecule has 0 radical (unpaired) electrons. The Morgan fingerprint density at radius 3 is 2.74 bits per heavy atom. The zero-order valence-electron chi connectivity index (χ0n) is 11.4. The molecule has 1 atom stereocenters. The quantitative estimate of drug-likeness (QED) is 0.523. The Morgan fingerprint density at radius 2 is 2.16 bits per heavy atom. The minimum atomic E-state index is -2.87. The molecule has 3 N–H and O–H groups in total. The van der Waals surface area contributed by atoms with Gasteiger partial charge in [-0.15, -0.1) is 0 Å². The first kappa shape index (κ1) is 16.1. The highest BCUT2D eigenvalue weighted by molar-refractivity contribution is 7.91. The number of rotatable bonds is 9. The van der Waals surface area contributed by atoms with Crippen LogP contribution in [0.3, 0.4) is 0 Å². The van der Waals surface area contributed by atoms with Crippen LogP contribution in [0.2, 0.25) is 0 Å². The Balaban J connectivity index is 2.30. The van der Waals surface area contributed by atoms with E-state index in [4.69, 9.17) is 5.84 Å². The van der Waals surface area contributed by atoms with Gasteiger partial charge in [0, 0.05) is 23.7 Å². The lowest BCUT2D eigenvalue weighted by atomic mass is 10.1.